The average molecular weight is 286 g/mol. The summed E-state index contributed by atoms with van der Waals surface area (Å²) in [6, 6.07) is 0.354. The van der Waals surface area contributed by atoms with Crippen molar-refractivity contribution in [3.8, 4) is 0 Å². The van der Waals surface area contributed by atoms with E-state index in [4.69, 9.17) is 23.8 Å². The van der Waals surface area contributed by atoms with Gasteiger partial charge in [-0.3, -0.25) is 9.78 Å². The number of halogens is 1. The van der Waals surface area contributed by atoms with Gasteiger partial charge in [-0.25, -0.2) is 0 Å². The largest absolute Gasteiger partial charge is 0.301 e. The van der Waals surface area contributed by atoms with E-state index in [1.165, 1.54) is 0 Å². The van der Waals surface area contributed by atoms with E-state index in [2.05, 4.69) is 33.7 Å². The summed E-state index contributed by atoms with van der Waals surface area (Å²) in [5.74, 6) is 0.959. The highest BCUT2D eigenvalue weighted by Crippen LogP contribution is 2.14. The predicted molar refractivity (Wildman–Crippen MR) is 73.4 cm³/mol. The lowest BCUT2D eigenvalue weighted by molar-refractivity contribution is 0.488. The molecule has 0 aromatic carbocycles. The first kappa shape index (κ1) is 13.3. The molecule has 98 valence electrons. The van der Waals surface area contributed by atoms with Crippen molar-refractivity contribution in [3.05, 3.63) is 28.0 Å². The van der Waals surface area contributed by atoms with E-state index in [0.717, 1.165) is 25.2 Å². The maximum absolute atomic E-state index is 5.82. The van der Waals surface area contributed by atoms with Gasteiger partial charge in [-0.2, -0.15) is 10.2 Å². The number of aryl methyl sites for hydroxylation is 2. The zero-order valence-electron chi connectivity index (χ0n) is 10.4. The van der Waals surface area contributed by atoms with Crippen molar-refractivity contribution in [2.45, 2.75) is 39.3 Å². The number of hydrogen-bond acceptors (Lipinski definition) is 3. The normalized spacial score (nSPS) is 12.8. The van der Waals surface area contributed by atoms with E-state index in [-0.39, 0.29) is 0 Å². The van der Waals surface area contributed by atoms with Crippen molar-refractivity contribution >= 4 is 23.8 Å². The van der Waals surface area contributed by atoms with Gasteiger partial charge in [-0.05, 0) is 25.6 Å². The fraction of sp³-hybridized carbons (Fsp3) is 0.545. The monoisotopic (exact) mass is 285 g/mol. The molecular formula is C11H16ClN5S. The quantitative estimate of drug-likeness (QED) is 0.859. The van der Waals surface area contributed by atoms with Crippen LogP contribution in [0.1, 0.15) is 32.1 Å². The molecule has 0 aliphatic heterocycles. The number of nitrogens with zero attached hydrogens (tertiary/aromatic N) is 4. The molecule has 5 nitrogen and oxygen atoms in total. The summed E-state index contributed by atoms with van der Waals surface area (Å²) in [6.45, 7) is 5.01. The van der Waals surface area contributed by atoms with Crippen molar-refractivity contribution in [1.29, 1.82) is 0 Å². The lowest BCUT2D eigenvalue weighted by Gasteiger charge is -2.13. The van der Waals surface area contributed by atoms with Crippen LogP contribution in [0.2, 0.25) is 5.02 Å². The highest BCUT2D eigenvalue weighted by Gasteiger charge is 2.11. The summed E-state index contributed by atoms with van der Waals surface area (Å²) in [6.07, 6.45) is 5.23. The third-order valence-electron chi connectivity index (χ3n) is 2.98. The summed E-state index contributed by atoms with van der Waals surface area (Å²) in [5, 5.41) is 11.9. The van der Waals surface area contributed by atoms with Gasteiger partial charge in [0.15, 0.2) is 4.77 Å². The molecular weight excluding hydrogens is 270 g/mol. The van der Waals surface area contributed by atoms with Gasteiger partial charge < -0.3 is 4.57 Å². The van der Waals surface area contributed by atoms with Gasteiger partial charge in [-0.1, -0.05) is 18.5 Å². The molecule has 0 amide bonds. The van der Waals surface area contributed by atoms with Gasteiger partial charge in [-0.15, -0.1) is 0 Å². The predicted octanol–water partition coefficient (Wildman–Crippen LogP) is 3.00. The molecule has 0 bridgehead atoms. The van der Waals surface area contributed by atoms with Crippen LogP contribution >= 0.6 is 23.8 Å². The SMILES string of the molecule is CC[C@H](C)n1c(CCn2cc(Cl)cn2)n[nH]c1=S. The van der Waals surface area contributed by atoms with Crippen LogP contribution in [-0.2, 0) is 13.0 Å². The van der Waals surface area contributed by atoms with Gasteiger partial charge in [0.25, 0.3) is 0 Å². The van der Waals surface area contributed by atoms with Crippen molar-refractivity contribution in [3.63, 3.8) is 0 Å². The molecule has 0 saturated carbocycles. The standard InChI is InChI=1S/C11H16ClN5S/c1-3-8(2)17-10(14-15-11(17)18)4-5-16-7-9(12)6-13-16/h6-8H,3-5H2,1-2H3,(H,15,18)/t8-/m0/s1. The second-order valence-corrected chi connectivity index (χ2v) is 5.07. The highest BCUT2D eigenvalue weighted by molar-refractivity contribution is 7.71. The number of aromatic nitrogens is 5. The van der Waals surface area contributed by atoms with E-state index in [1.54, 1.807) is 17.1 Å². The van der Waals surface area contributed by atoms with Crippen LogP contribution in [0.3, 0.4) is 0 Å². The van der Waals surface area contributed by atoms with Gasteiger partial charge in [0.05, 0.1) is 11.2 Å². The molecule has 2 aromatic rings. The van der Waals surface area contributed by atoms with Crippen LogP contribution in [0.15, 0.2) is 12.4 Å². The maximum atomic E-state index is 5.82. The zero-order chi connectivity index (χ0) is 13.1. The van der Waals surface area contributed by atoms with Gasteiger partial charge >= 0.3 is 0 Å². The smallest absolute Gasteiger partial charge is 0.195 e. The number of rotatable bonds is 5. The molecule has 7 heteroatoms. The molecule has 0 fully saturated rings. The fourth-order valence-corrected chi connectivity index (χ4v) is 2.31. The van der Waals surface area contributed by atoms with E-state index in [9.17, 15) is 0 Å². The van der Waals surface area contributed by atoms with Crippen LogP contribution in [-0.4, -0.2) is 24.5 Å². The van der Waals surface area contributed by atoms with E-state index in [1.807, 2.05) is 0 Å². The van der Waals surface area contributed by atoms with Crippen molar-refractivity contribution in [2.24, 2.45) is 0 Å². The van der Waals surface area contributed by atoms with Gasteiger partial charge in [0.2, 0.25) is 0 Å². The topological polar surface area (TPSA) is 51.4 Å². The summed E-state index contributed by atoms with van der Waals surface area (Å²) in [7, 11) is 0. The Balaban J connectivity index is 2.12. The average Bonchev–Trinajstić information content (AvgIpc) is 2.92. The molecule has 2 aromatic heterocycles. The van der Waals surface area contributed by atoms with E-state index < -0.39 is 0 Å². The lowest BCUT2D eigenvalue weighted by Crippen LogP contribution is -2.11. The molecule has 0 radical (unpaired) electrons. The van der Waals surface area contributed by atoms with Crippen molar-refractivity contribution in [1.82, 2.24) is 24.5 Å². The van der Waals surface area contributed by atoms with Crippen LogP contribution in [0.4, 0.5) is 0 Å². The van der Waals surface area contributed by atoms with Crippen LogP contribution in [0.5, 0.6) is 0 Å². The number of H-pyrrole nitrogens is 1. The number of hydrogen-bond donors (Lipinski definition) is 1. The summed E-state index contributed by atoms with van der Waals surface area (Å²) < 4.78 is 4.56. The Hall–Kier alpha value is -1.14. The third kappa shape index (κ3) is 2.81. The molecule has 0 aliphatic rings. The fourth-order valence-electron chi connectivity index (χ4n) is 1.83. The summed E-state index contributed by atoms with van der Waals surface area (Å²) in [4.78, 5) is 0. The molecule has 0 unspecified atom stereocenters. The molecule has 2 rings (SSSR count). The Kier molecular flexibility index (Phi) is 4.19. The highest BCUT2D eigenvalue weighted by atomic mass is 35.5. The zero-order valence-corrected chi connectivity index (χ0v) is 12.0. The van der Waals surface area contributed by atoms with Crippen LogP contribution in [0, 0.1) is 4.77 Å². The van der Waals surface area contributed by atoms with E-state index >= 15 is 0 Å². The van der Waals surface area contributed by atoms with Crippen molar-refractivity contribution in [2.75, 3.05) is 0 Å². The molecule has 0 saturated heterocycles. The second-order valence-electron chi connectivity index (χ2n) is 4.24. The summed E-state index contributed by atoms with van der Waals surface area (Å²) >= 11 is 11.1. The Bertz CT molecular complexity index is 570. The Labute approximate surface area is 116 Å². The molecule has 2 heterocycles. The third-order valence-corrected chi connectivity index (χ3v) is 3.46. The Morgan fingerprint density at radius 2 is 2.33 bits per heavy atom. The van der Waals surface area contributed by atoms with Gasteiger partial charge in [0, 0.05) is 25.2 Å². The molecule has 0 aliphatic carbocycles. The second kappa shape index (κ2) is 5.67. The first-order valence-corrected chi connectivity index (χ1v) is 6.74. The minimum Gasteiger partial charge on any atom is -0.301 e. The van der Waals surface area contributed by atoms with Crippen LogP contribution in [0.25, 0.3) is 0 Å². The van der Waals surface area contributed by atoms with Crippen LogP contribution < -0.4 is 0 Å². The molecule has 1 atom stereocenters. The maximum Gasteiger partial charge on any atom is 0.195 e. The number of aromatic amines is 1. The number of nitrogens with one attached hydrogen (secondary N) is 1. The lowest BCUT2D eigenvalue weighted by atomic mass is 10.2. The van der Waals surface area contributed by atoms with E-state index in [0.29, 0.717) is 15.8 Å². The Morgan fingerprint density at radius 1 is 1.56 bits per heavy atom. The van der Waals surface area contributed by atoms with Gasteiger partial charge in [0.1, 0.15) is 5.82 Å². The summed E-state index contributed by atoms with van der Waals surface area (Å²) in [5.41, 5.74) is 0. The molecule has 1 N–H and O–H groups in total. The Morgan fingerprint density at radius 3 is 2.94 bits per heavy atom. The first-order valence-electron chi connectivity index (χ1n) is 5.95. The minimum atomic E-state index is 0.354. The first-order chi connectivity index (χ1) is 8.61. The minimum absolute atomic E-state index is 0.354. The molecule has 18 heavy (non-hydrogen) atoms. The molecule has 0 spiro atoms. The van der Waals surface area contributed by atoms with Crippen molar-refractivity contribution < 1.29 is 0 Å².